The highest BCUT2D eigenvalue weighted by Gasteiger charge is 2.32. The van der Waals surface area contributed by atoms with Crippen LogP contribution >= 0.6 is 0 Å². The first kappa shape index (κ1) is 15.7. The van der Waals surface area contributed by atoms with E-state index in [4.69, 9.17) is 0 Å². The van der Waals surface area contributed by atoms with Gasteiger partial charge in [0.05, 0.1) is 0 Å². The number of rotatable bonds is 5. The molecule has 0 amide bonds. The minimum Gasteiger partial charge on any atom is -0.379 e. The Kier molecular flexibility index (Phi) is 4.81. The predicted octanol–water partition coefficient (Wildman–Crippen LogP) is 3.54. The molecule has 0 radical (unpaired) electrons. The van der Waals surface area contributed by atoms with Crippen LogP contribution in [0.25, 0.3) is 0 Å². The number of benzene rings is 2. The van der Waals surface area contributed by atoms with Crippen LogP contribution in [0.2, 0.25) is 0 Å². The molecule has 0 aliphatic rings. The molecule has 0 fully saturated rings. The Labute approximate surface area is 127 Å². The molecule has 0 aliphatic carbocycles. The van der Waals surface area contributed by atoms with Gasteiger partial charge in [-0.05, 0) is 30.5 Å². The van der Waals surface area contributed by atoms with E-state index in [0.29, 0.717) is 12.6 Å². The minimum atomic E-state index is -1.01. The van der Waals surface area contributed by atoms with E-state index in [-0.39, 0.29) is 0 Å². The van der Waals surface area contributed by atoms with Crippen molar-refractivity contribution < 1.29 is 5.11 Å². The molecule has 0 heterocycles. The second-order valence-corrected chi connectivity index (χ2v) is 6.08. The van der Waals surface area contributed by atoms with Crippen molar-refractivity contribution in [3.8, 4) is 0 Å². The van der Waals surface area contributed by atoms with Gasteiger partial charge in [-0.25, -0.2) is 0 Å². The van der Waals surface area contributed by atoms with E-state index in [9.17, 15) is 5.11 Å². The SMILES string of the molecule is Cc1ccc(C(O)(CNC(C)C)c2ccccc2)c(C)c1. The molecule has 0 spiro atoms. The fourth-order valence-corrected chi connectivity index (χ4v) is 2.70. The van der Waals surface area contributed by atoms with Crippen LogP contribution in [-0.2, 0) is 5.60 Å². The summed E-state index contributed by atoms with van der Waals surface area (Å²) in [4.78, 5) is 0. The second kappa shape index (κ2) is 6.42. The van der Waals surface area contributed by atoms with Gasteiger partial charge in [-0.1, -0.05) is 67.9 Å². The summed E-state index contributed by atoms with van der Waals surface area (Å²) in [7, 11) is 0. The van der Waals surface area contributed by atoms with Crippen LogP contribution in [0.1, 0.15) is 36.1 Å². The average molecular weight is 283 g/mol. The lowest BCUT2D eigenvalue weighted by atomic mass is 9.83. The molecule has 2 aromatic rings. The first-order valence-corrected chi connectivity index (χ1v) is 7.52. The van der Waals surface area contributed by atoms with Gasteiger partial charge in [0.25, 0.3) is 0 Å². The van der Waals surface area contributed by atoms with Crippen LogP contribution in [0.5, 0.6) is 0 Å². The van der Waals surface area contributed by atoms with Crippen LogP contribution in [0.15, 0.2) is 48.5 Å². The van der Waals surface area contributed by atoms with Gasteiger partial charge in [-0.2, -0.15) is 0 Å². The number of aryl methyl sites for hydroxylation is 2. The Bertz CT molecular complexity index is 592. The standard InChI is InChI=1S/C19H25NO/c1-14(2)20-13-19(21,17-8-6-5-7-9-17)18-11-10-15(3)12-16(18)4/h5-12,14,20-21H,13H2,1-4H3. The highest BCUT2D eigenvalue weighted by Crippen LogP contribution is 2.31. The molecule has 1 unspecified atom stereocenters. The van der Waals surface area contributed by atoms with E-state index in [1.54, 1.807) is 0 Å². The van der Waals surface area contributed by atoms with E-state index < -0.39 is 5.60 Å². The lowest BCUT2D eigenvalue weighted by Gasteiger charge is -2.32. The van der Waals surface area contributed by atoms with Gasteiger partial charge in [0.1, 0.15) is 5.60 Å². The lowest BCUT2D eigenvalue weighted by molar-refractivity contribution is 0.0771. The fraction of sp³-hybridized carbons (Fsp3) is 0.368. The minimum absolute atomic E-state index is 0.325. The highest BCUT2D eigenvalue weighted by atomic mass is 16.3. The monoisotopic (exact) mass is 283 g/mol. The molecular weight excluding hydrogens is 258 g/mol. The molecule has 0 saturated carbocycles. The van der Waals surface area contributed by atoms with Crippen molar-refractivity contribution >= 4 is 0 Å². The Morgan fingerprint density at radius 2 is 1.71 bits per heavy atom. The molecule has 0 bridgehead atoms. The maximum absolute atomic E-state index is 11.4. The van der Waals surface area contributed by atoms with Crippen LogP contribution < -0.4 is 5.32 Å². The van der Waals surface area contributed by atoms with Gasteiger partial charge in [-0.15, -0.1) is 0 Å². The number of hydrogen-bond donors (Lipinski definition) is 2. The van der Waals surface area contributed by atoms with Gasteiger partial charge in [-0.3, -0.25) is 0 Å². The van der Waals surface area contributed by atoms with Gasteiger partial charge < -0.3 is 10.4 Å². The zero-order valence-corrected chi connectivity index (χ0v) is 13.4. The predicted molar refractivity (Wildman–Crippen MR) is 88.5 cm³/mol. The summed E-state index contributed by atoms with van der Waals surface area (Å²) in [5.74, 6) is 0. The summed E-state index contributed by atoms with van der Waals surface area (Å²) in [6.45, 7) is 8.82. The Morgan fingerprint density at radius 3 is 2.29 bits per heavy atom. The Hall–Kier alpha value is -1.64. The van der Waals surface area contributed by atoms with Gasteiger partial charge >= 0.3 is 0 Å². The maximum Gasteiger partial charge on any atom is 0.127 e. The summed E-state index contributed by atoms with van der Waals surface area (Å²) in [6.07, 6.45) is 0. The van der Waals surface area contributed by atoms with Crippen molar-refractivity contribution in [2.45, 2.75) is 39.3 Å². The normalized spacial score (nSPS) is 14.2. The zero-order chi connectivity index (χ0) is 15.5. The Morgan fingerprint density at radius 1 is 1.05 bits per heavy atom. The van der Waals surface area contributed by atoms with Crippen LogP contribution in [0.3, 0.4) is 0 Å². The first-order valence-electron chi connectivity index (χ1n) is 7.52. The third kappa shape index (κ3) is 3.52. The van der Waals surface area contributed by atoms with Crippen molar-refractivity contribution in [2.75, 3.05) is 6.54 Å². The van der Waals surface area contributed by atoms with E-state index in [1.807, 2.05) is 36.4 Å². The van der Waals surface area contributed by atoms with Crippen LogP contribution in [-0.4, -0.2) is 17.7 Å². The largest absolute Gasteiger partial charge is 0.379 e. The molecule has 0 aliphatic heterocycles. The number of aliphatic hydroxyl groups is 1. The van der Waals surface area contributed by atoms with Crippen molar-refractivity contribution in [2.24, 2.45) is 0 Å². The summed E-state index contributed by atoms with van der Waals surface area (Å²) >= 11 is 0. The van der Waals surface area contributed by atoms with Crippen LogP contribution in [0.4, 0.5) is 0 Å². The van der Waals surface area contributed by atoms with Crippen molar-refractivity contribution in [3.05, 3.63) is 70.8 Å². The first-order chi connectivity index (χ1) is 9.93. The topological polar surface area (TPSA) is 32.3 Å². The molecule has 2 N–H and O–H groups in total. The summed E-state index contributed by atoms with van der Waals surface area (Å²) in [5.41, 5.74) is 3.21. The third-order valence-electron chi connectivity index (χ3n) is 3.84. The van der Waals surface area contributed by atoms with Gasteiger partial charge in [0.15, 0.2) is 0 Å². The quantitative estimate of drug-likeness (QED) is 0.879. The molecule has 112 valence electrons. The number of hydrogen-bond acceptors (Lipinski definition) is 2. The summed E-state index contributed by atoms with van der Waals surface area (Å²) < 4.78 is 0. The fourth-order valence-electron chi connectivity index (χ4n) is 2.70. The molecular formula is C19H25NO. The molecule has 2 heteroatoms. The summed E-state index contributed by atoms with van der Waals surface area (Å²) in [6, 6.07) is 16.4. The van der Waals surface area contributed by atoms with E-state index in [0.717, 1.165) is 16.7 Å². The van der Waals surface area contributed by atoms with Crippen molar-refractivity contribution in [1.29, 1.82) is 0 Å². The molecule has 0 saturated heterocycles. The maximum atomic E-state index is 11.4. The highest BCUT2D eigenvalue weighted by molar-refractivity contribution is 5.42. The second-order valence-electron chi connectivity index (χ2n) is 6.08. The average Bonchev–Trinajstić information content (AvgIpc) is 2.45. The lowest BCUT2D eigenvalue weighted by Crippen LogP contribution is -2.42. The van der Waals surface area contributed by atoms with E-state index in [2.05, 4.69) is 45.1 Å². The number of nitrogens with one attached hydrogen (secondary N) is 1. The molecule has 0 aromatic heterocycles. The molecule has 2 nitrogen and oxygen atoms in total. The zero-order valence-electron chi connectivity index (χ0n) is 13.4. The van der Waals surface area contributed by atoms with E-state index in [1.165, 1.54) is 5.56 Å². The van der Waals surface area contributed by atoms with Crippen LogP contribution in [0, 0.1) is 13.8 Å². The summed E-state index contributed by atoms with van der Waals surface area (Å²) in [5, 5.41) is 14.8. The Balaban J connectivity index is 2.49. The third-order valence-corrected chi connectivity index (χ3v) is 3.84. The smallest absolute Gasteiger partial charge is 0.127 e. The molecule has 2 aromatic carbocycles. The van der Waals surface area contributed by atoms with E-state index >= 15 is 0 Å². The van der Waals surface area contributed by atoms with Gasteiger partial charge in [0, 0.05) is 12.6 Å². The molecule has 2 rings (SSSR count). The van der Waals surface area contributed by atoms with Crippen molar-refractivity contribution in [1.82, 2.24) is 5.32 Å². The molecule has 1 atom stereocenters. The molecule has 21 heavy (non-hydrogen) atoms. The van der Waals surface area contributed by atoms with Crippen molar-refractivity contribution in [3.63, 3.8) is 0 Å². The van der Waals surface area contributed by atoms with Gasteiger partial charge in [0.2, 0.25) is 0 Å².